The molecule has 4 aromatic rings. The van der Waals surface area contributed by atoms with Gasteiger partial charge in [0, 0.05) is 11.4 Å². The van der Waals surface area contributed by atoms with Crippen molar-refractivity contribution in [3.05, 3.63) is 114 Å². The summed E-state index contributed by atoms with van der Waals surface area (Å²) in [5, 5.41) is 5.12. The Hall–Kier alpha value is -4.99. The first kappa shape index (κ1) is 26.1. The second kappa shape index (κ2) is 11.8. The van der Waals surface area contributed by atoms with Crippen molar-refractivity contribution in [2.45, 2.75) is 13.0 Å². The van der Waals surface area contributed by atoms with Gasteiger partial charge in [0.1, 0.15) is 23.9 Å². The summed E-state index contributed by atoms with van der Waals surface area (Å²) in [5.41, 5.74) is 2.03. The maximum atomic E-state index is 12.2. The highest BCUT2D eigenvalue weighted by atomic mass is 19.4. The number of anilines is 2. The molecule has 0 aliphatic rings. The van der Waals surface area contributed by atoms with E-state index in [9.17, 15) is 22.8 Å². The SMILES string of the molecule is O=C(Nc1ccc(Oc2ccc(C(=O)OCc3ccccc3)cc2)cc1)Nc1ccc(OC(F)(F)F)cc1. The third-order valence-electron chi connectivity index (χ3n) is 5.00. The van der Waals surface area contributed by atoms with E-state index in [-0.39, 0.29) is 12.3 Å². The summed E-state index contributed by atoms with van der Waals surface area (Å²) in [6.07, 6.45) is -4.79. The third-order valence-corrected chi connectivity index (χ3v) is 5.00. The van der Waals surface area contributed by atoms with Gasteiger partial charge in [0.2, 0.25) is 0 Å². The zero-order valence-electron chi connectivity index (χ0n) is 19.7. The van der Waals surface area contributed by atoms with Crippen LogP contribution in [0.1, 0.15) is 15.9 Å². The number of urea groups is 1. The number of nitrogens with one attached hydrogen (secondary N) is 2. The van der Waals surface area contributed by atoms with Gasteiger partial charge in [0.15, 0.2) is 0 Å². The molecule has 0 saturated carbocycles. The first-order valence-corrected chi connectivity index (χ1v) is 11.3. The minimum absolute atomic E-state index is 0.180. The molecule has 4 aromatic carbocycles. The smallest absolute Gasteiger partial charge is 0.457 e. The van der Waals surface area contributed by atoms with Crippen molar-refractivity contribution < 1.29 is 37.0 Å². The normalized spacial score (nSPS) is 10.8. The molecular weight excluding hydrogens is 501 g/mol. The molecule has 4 rings (SSSR count). The van der Waals surface area contributed by atoms with E-state index < -0.39 is 24.1 Å². The lowest BCUT2D eigenvalue weighted by molar-refractivity contribution is -0.274. The van der Waals surface area contributed by atoms with Gasteiger partial charge in [-0.15, -0.1) is 13.2 Å². The molecule has 0 atom stereocenters. The molecule has 2 N–H and O–H groups in total. The van der Waals surface area contributed by atoms with Crippen molar-refractivity contribution in [1.29, 1.82) is 0 Å². The number of ether oxygens (including phenoxy) is 3. The molecule has 2 amide bonds. The minimum Gasteiger partial charge on any atom is -0.457 e. The number of alkyl halides is 3. The van der Waals surface area contributed by atoms with Crippen LogP contribution in [0.15, 0.2) is 103 Å². The largest absolute Gasteiger partial charge is 0.573 e. The Morgan fingerprint density at radius 3 is 1.68 bits per heavy atom. The Kier molecular flexibility index (Phi) is 8.12. The minimum atomic E-state index is -4.79. The highest BCUT2D eigenvalue weighted by molar-refractivity contribution is 5.99. The number of rotatable bonds is 8. The van der Waals surface area contributed by atoms with Gasteiger partial charge in [0.05, 0.1) is 5.56 Å². The van der Waals surface area contributed by atoms with Crippen LogP contribution in [0.4, 0.5) is 29.3 Å². The number of carbonyl (C=O) groups is 2. The Labute approximate surface area is 215 Å². The molecule has 0 saturated heterocycles. The summed E-state index contributed by atoms with van der Waals surface area (Å²) in [4.78, 5) is 24.4. The van der Waals surface area contributed by atoms with Gasteiger partial charge in [-0.2, -0.15) is 0 Å². The number of halogens is 3. The van der Waals surface area contributed by atoms with Gasteiger partial charge in [-0.1, -0.05) is 30.3 Å². The predicted octanol–water partition coefficient (Wildman–Crippen LogP) is 7.38. The van der Waals surface area contributed by atoms with Crippen LogP contribution in [-0.4, -0.2) is 18.4 Å². The number of benzene rings is 4. The monoisotopic (exact) mass is 522 g/mol. The molecule has 7 nitrogen and oxygen atoms in total. The first-order chi connectivity index (χ1) is 18.2. The molecule has 0 bridgehead atoms. The van der Waals surface area contributed by atoms with Crippen LogP contribution < -0.4 is 20.1 Å². The zero-order valence-corrected chi connectivity index (χ0v) is 19.7. The molecular formula is C28H21F3N2O5. The Morgan fingerprint density at radius 2 is 1.16 bits per heavy atom. The van der Waals surface area contributed by atoms with Crippen molar-refractivity contribution in [3.8, 4) is 17.2 Å². The molecule has 10 heteroatoms. The second-order valence-corrected chi connectivity index (χ2v) is 7.86. The first-order valence-electron chi connectivity index (χ1n) is 11.3. The van der Waals surface area contributed by atoms with Crippen LogP contribution in [0, 0.1) is 0 Å². The zero-order chi connectivity index (χ0) is 27.0. The molecule has 38 heavy (non-hydrogen) atoms. The van der Waals surface area contributed by atoms with Crippen LogP contribution in [0.2, 0.25) is 0 Å². The summed E-state index contributed by atoms with van der Waals surface area (Å²) in [6, 6.07) is 26.5. The number of hydrogen-bond acceptors (Lipinski definition) is 5. The van der Waals surface area contributed by atoms with Crippen molar-refractivity contribution in [2.24, 2.45) is 0 Å². The molecule has 0 aromatic heterocycles. The maximum Gasteiger partial charge on any atom is 0.573 e. The van der Waals surface area contributed by atoms with E-state index in [0.29, 0.717) is 22.7 Å². The molecule has 0 heterocycles. The van der Waals surface area contributed by atoms with E-state index in [0.717, 1.165) is 17.7 Å². The summed E-state index contributed by atoms with van der Waals surface area (Å²) in [6.45, 7) is 0.180. The van der Waals surface area contributed by atoms with E-state index in [4.69, 9.17) is 9.47 Å². The van der Waals surface area contributed by atoms with Crippen molar-refractivity contribution in [3.63, 3.8) is 0 Å². The highest BCUT2D eigenvalue weighted by Crippen LogP contribution is 2.25. The number of esters is 1. The Balaban J connectivity index is 1.25. The average molecular weight is 522 g/mol. The highest BCUT2D eigenvalue weighted by Gasteiger charge is 2.30. The predicted molar refractivity (Wildman–Crippen MR) is 134 cm³/mol. The van der Waals surface area contributed by atoms with Gasteiger partial charge < -0.3 is 24.8 Å². The molecule has 0 spiro atoms. The average Bonchev–Trinajstić information content (AvgIpc) is 2.90. The van der Waals surface area contributed by atoms with Crippen molar-refractivity contribution >= 4 is 23.4 Å². The van der Waals surface area contributed by atoms with Crippen LogP contribution >= 0.6 is 0 Å². The topological polar surface area (TPSA) is 85.9 Å². The van der Waals surface area contributed by atoms with Crippen LogP contribution in [-0.2, 0) is 11.3 Å². The Bertz CT molecular complexity index is 1360. The van der Waals surface area contributed by atoms with E-state index in [1.165, 1.54) is 12.1 Å². The quantitative estimate of drug-likeness (QED) is 0.236. The Morgan fingerprint density at radius 1 is 0.658 bits per heavy atom. The summed E-state index contributed by atoms with van der Waals surface area (Å²) >= 11 is 0. The number of hydrogen-bond donors (Lipinski definition) is 2. The lowest BCUT2D eigenvalue weighted by Gasteiger charge is -2.11. The van der Waals surface area contributed by atoms with Gasteiger partial charge in [-0.05, 0) is 78.4 Å². The van der Waals surface area contributed by atoms with E-state index in [2.05, 4.69) is 15.4 Å². The molecule has 0 aliphatic carbocycles. The standard InChI is InChI=1S/C28H21F3N2O5/c29-28(30,31)38-25-16-10-22(11-17-25)33-27(35)32-21-8-14-24(15-9-21)37-23-12-6-20(7-13-23)26(34)36-18-19-4-2-1-3-5-19/h1-17H,18H2,(H2,32,33,35). The summed E-state index contributed by atoms with van der Waals surface area (Å²) < 4.78 is 51.6. The number of amides is 2. The third kappa shape index (κ3) is 8.02. The molecule has 0 radical (unpaired) electrons. The maximum absolute atomic E-state index is 12.2. The number of carbonyl (C=O) groups excluding carboxylic acids is 2. The fraction of sp³-hybridized carbons (Fsp3) is 0.0714. The summed E-state index contributed by atoms with van der Waals surface area (Å²) in [7, 11) is 0. The van der Waals surface area contributed by atoms with Crippen LogP contribution in [0.5, 0.6) is 17.2 Å². The molecule has 194 valence electrons. The lowest BCUT2D eigenvalue weighted by Crippen LogP contribution is -2.19. The van der Waals surface area contributed by atoms with Crippen LogP contribution in [0.25, 0.3) is 0 Å². The molecule has 0 unspecified atom stereocenters. The van der Waals surface area contributed by atoms with E-state index in [1.807, 2.05) is 30.3 Å². The lowest BCUT2D eigenvalue weighted by atomic mass is 10.2. The molecule has 0 aliphatic heterocycles. The van der Waals surface area contributed by atoms with Gasteiger partial charge in [-0.3, -0.25) is 0 Å². The van der Waals surface area contributed by atoms with Gasteiger partial charge in [0.25, 0.3) is 0 Å². The molecule has 0 fully saturated rings. The van der Waals surface area contributed by atoms with Crippen LogP contribution in [0.3, 0.4) is 0 Å². The fourth-order valence-electron chi connectivity index (χ4n) is 3.24. The van der Waals surface area contributed by atoms with Crippen molar-refractivity contribution in [1.82, 2.24) is 0 Å². The second-order valence-electron chi connectivity index (χ2n) is 7.86. The summed E-state index contributed by atoms with van der Waals surface area (Å²) in [5.74, 6) is 0.160. The van der Waals surface area contributed by atoms with Gasteiger partial charge in [-0.25, -0.2) is 9.59 Å². The van der Waals surface area contributed by atoms with E-state index in [1.54, 1.807) is 48.5 Å². The fourth-order valence-corrected chi connectivity index (χ4v) is 3.24. The van der Waals surface area contributed by atoms with E-state index >= 15 is 0 Å². The van der Waals surface area contributed by atoms with Crippen molar-refractivity contribution in [2.75, 3.05) is 10.6 Å². The van der Waals surface area contributed by atoms with Gasteiger partial charge >= 0.3 is 18.4 Å².